The molecule has 0 aliphatic heterocycles. The lowest BCUT2D eigenvalue weighted by Crippen LogP contribution is -2.43. The quantitative estimate of drug-likeness (QED) is 0.213. The van der Waals surface area contributed by atoms with Crippen LogP contribution in [0.25, 0.3) is 0 Å². The van der Waals surface area contributed by atoms with Crippen molar-refractivity contribution in [1.82, 2.24) is 10.6 Å². The lowest BCUT2D eigenvalue weighted by Gasteiger charge is -2.23. The van der Waals surface area contributed by atoms with Gasteiger partial charge in [-0.15, -0.1) is 0 Å². The van der Waals surface area contributed by atoms with Crippen LogP contribution in [-0.2, 0) is 28.8 Å². The van der Waals surface area contributed by atoms with E-state index in [-0.39, 0.29) is 103 Å². The van der Waals surface area contributed by atoms with E-state index in [0.29, 0.717) is 6.42 Å². The lowest BCUT2D eigenvalue weighted by atomic mass is 9.85. The number of nitrogens with one attached hydrogen (secondary N) is 2. The van der Waals surface area contributed by atoms with Crippen molar-refractivity contribution < 1.29 is 28.8 Å². The maximum atomic E-state index is 12.9. The molecule has 224 valence electrons. The van der Waals surface area contributed by atoms with Crippen LogP contribution in [0.15, 0.2) is 0 Å². The summed E-state index contributed by atoms with van der Waals surface area (Å²) < 4.78 is 0. The molecule has 0 aliphatic carbocycles. The molecule has 0 aliphatic rings. The van der Waals surface area contributed by atoms with Crippen LogP contribution in [0.1, 0.15) is 114 Å². The fourth-order valence-electron chi connectivity index (χ4n) is 4.45. The minimum atomic E-state index is -0.759. The Kier molecular flexibility index (Phi) is 17.2. The highest BCUT2D eigenvalue weighted by Gasteiger charge is 2.28. The van der Waals surface area contributed by atoms with Gasteiger partial charge >= 0.3 is 0 Å². The molecule has 0 aromatic heterocycles. The van der Waals surface area contributed by atoms with E-state index < -0.39 is 18.0 Å². The average molecular weight is 551 g/mol. The highest BCUT2D eigenvalue weighted by Crippen LogP contribution is 2.20. The maximum absolute atomic E-state index is 12.9. The standard InChI is InChI=1S/C31H54N2O6/c1-18(2)27(35)15-14-26(31(39)21(7)8)33-28(36)16-11-23(29(37)19(3)4)17-24(34)12-13-25(32-22(9)10)30(38)20(5)6/h18-23,25-26,32H,11-17H2,1-10H3,(H,33,36). The van der Waals surface area contributed by atoms with Gasteiger partial charge in [0.05, 0.1) is 12.1 Å². The van der Waals surface area contributed by atoms with Gasteiger partial charge in [-0.3, -0.25) is 28.8 Å². The van der Waals surface area contributed by atoms with E-state index in [2.05, 4.69) is 10.6 Å². The van der Waals surface area contributed by atoms with Crippen LogP contribution in [-0.4, -0.2) is 52.9 Å². The molecule has 3 atom stereocenters. The van der Waals surface area contributed by atoms with Gasteiger partial charge in [-0.2, -0.15) is 0 Å². The third-order valence-electron chi connectivity index (χ3n) is 6.90. The van der Waals surface area contributed by atoms with Gasteiger partial charge < -0.3 is 10.6 Å². The molecule has 0 radical (unpaired) electrons. The second kappa shape index (κ2) is 18.2. The Bertz CT molecular complexity index is 844. The predicted octanol–water partition coefficient (Wildman–Crippen LogP) is 4.65. The van der Waals surface area contributed by atoms with Crippen LogP contribution < -0.4 is 10.6 Å². The van der Waals surface area contributed by atoms with E-state index in [1.807, 2.05) is 27.7 Å². The molecule has 0 rings (SSSR count). The Hall–Kier alpha value is -2.22. The van der Waals surface area contributed by atoms with Gasteiger partial charge in [0, 0.05) is 61.3 Å². The normalized spacial score (nSPS) is 14.1. The molecule has 8 heteroatoms. The highest BCUT2D eigenvalue weighted by atomic mass is 16.2. The van der Waals surface area contributed by atoms with Gasteiger partial charge in [0.1, 0.15) is 17.3 Å². The SMILES string of the molecule is CC(C)NC(CCC(=O)CC(CCC(=O)NC(CCC(=O)C(C)C)C(=O)C(C)C)C(=O)C(C)C)C(=O)C(C)C. The molecule has 0 saturated heterocycles. The van der Waals surface area contributed by atoms with Crippen LogP contribution >= 0.6 is 0 Å². The smallest absolute Gasteiger partial charge is 0.220 e. The largest absolute Gasteiger partial charge is 0.346 e. The van der Waals surface area contributed by atoms with Crippen LogP contribution in [0.2, 0.25) is 0 Å². The molecule has 0 aromatic carbocycles. The molecule has 0 bridgehead atoms. The van der Waals surface area contributed by atoms with E-state index in [0.717, 1.165) is 0 Å². The lowest BCUT2D eigenvalue weighted by molar-refractivity contribution is -0.132. The molecule has 3 unspecified atom stereocenters. The summed E-state index contributed by atoms with van der Waals surface area (Å²) in [7, 11) is 0. The minimum Gasteiger partial charge on any atom is -0.346 e. The van der Waals surface area contributed by atoms with Gasteiger partial charge in [-0.1, -0.05) is 69.2 Å². The minimum absolute atomic E-state index is 0.000224. The predicted molar refractivity (Wildman–Crippen MR) is 154 cm³/mol. The van der Waals surface area contributed by atoms with Gasteiger partial charge in [-0.05, 0) is 19.3 Å². The fourth-order valence-corrected chi connectivity index (χ4v) is 4.45. The Morgan fingerprint density at radius 2 is 1.03 bits per heavy atom. The molecule has 39 heavy (non-hydrogen) atoms. The first kappa shape index (κ1) is 36.8. The topological polar surface area (TPSA) is 126 Å². The highest BCUT2D eigenvalue weighted by molar-refractivity contribution is 5.92. The molecule has 2 N–H and O–H groups in total. The van der Waals surface area contributed by atoms with Crippen molar-refractivity contribution in [3.8, 4) is 0 Å². The van der Waals surface area contributed by atoms with E-state index in [1.165, 1.54) is 0 Å². The van der Waals surface area contributed by atoms with Crippen LogP contribution in [0.5, 0.6) is 0 Å². The van der Waals surface area contributed by atoms with Crippen molar-refractivity contribution in [2.45, 2.75) is 132 Å². The van der Waals surface area contributed by atoms with Gasteiger partial charge in [0.15, 0.2) is 11.6 Å². The number of hydrogen-bond donors (Lipinski definition) is 2. The zero-order valence-electron chi connectivity index (χ0n) is 26.0. The molecule has 0 spiro atoms. The molecule has 0 heterocycles. The zero-order valence-corrected chi connectivity index (χ0v) is 26.0. The molecular formula is C31H54N2O6. The molecule has 8 nitrogen and oxygen atoms in total. The number of hydrogen-bond acceptors (Lipinski definition) is 7. The number of Topliss-reactive ketones (excluding diaryl/α,β-unsaturated/α-hetero) is 5. The summed E-state index contributed by atoms with van der Waals surface area (Å²) >= 11 is 0. The molecule has 1 amide bonds. The third kappa shape index (κ3) is 14.7. The average Bonchev–Trinajstić information content (AvgIpc) is 2.84. The van der Waals surface area contributed by atoms with E-state index in [4.69, 9.17) is 0 Å². The van der Waals surface area contributed by atoms with Crippen molar-refractivity contribution in [1.29, 1.82) is 0 Å². The molecule has 0 saturated carbocycles. The maximum Gasteiger partial charge on any atom is 0.220 e. The van der Waals surface area contributed by atoms with Crippen molar-refractivity contribution in [2.75, 3.05) is 0 Å². The number of carbonyl (C=O) groups excluding carboxylic acids is 6. The number of amides is 1. The van der Waals surface area contributed by atoms with Crippen molar-refractivity contribution in [3.05, 3.63) is 0 Å². The summed E-state index contributed by atoms with van der Waals surface area (Å²) in [4.78, 5) is 75.9. The Morgan fingerprint density at radius 1 is 0.538 bits per heavy atom. The van der Waals surface area contributed by atoms with Crippen molar-refractivity contribution >= 4 is 34.8 Å². The van der Waals surface area contributed by atoms with Gasteiger partial charge in [0.2, 0.25) is 5.91 Å². The van der Waals surface area contributed by atoms with Gasteiger partial charge in [-0.25, -0.2) is 0 Å². The summed E-state index contributed by atoms with van der Waals surface area (Å²) in [5, 5.41) is 6.01. The van der Waals surface area contributed by atoms with Crippen LogP contribution in [0, 0.1) is 29.6 Å². The summed E-state index contributed by atoms with van der Waals surface area (Å²) in [5.41, 5.74) is 0. The second-order valence-electron chi connectivity index (χ2n) is 12.3. The molecule has 0 aromatic rings. The van der Waals surface area contributed by atoms with E-state index in [1.54, 1.807) is 41.5 Å². The van der Waals surface area contributed by atoms with Crippen LogP contribution in [0.4, 0.5) is 0 Å². The van der Waals surface area contributed by atoms with Crippen molar-refractivity contribution in [3.63, 3.8) is 0 Å². The Labute approximate surface area is 236 Å². The second-order valence-corrected chi connectivity index (χ2v) is 12.3. The van der Waals surface area contributed by atoms with Crippen LogP contribution in [0.3, 0.4) is 0 Å². The number of carbonyl (C=O) groups is 6. The first-order valence-corrected chi connectivity index (χ1v) is 14.7. The summed E-state index contributed by atoms with van der Waals surface area (Å²) in [6.07, 6.45) is 1.20. The Morgan fingerprint density at radius 3 is 1.49 bits per heavy atom. The van der Waals surface area contributed by atoms with E-state index >= 15 is 0 Å². The molecule has 0 fully saturated rings. The first-order valence-electron chi connectivity index (χ1n) is 14.7. The number of ketones is 5. The zero-order chi connectivity index (χ0) is 30.4. The molecular weight excluding hydrogens is 496 g/mol. The Balaban J connectivity index is 5.28. The number of rotatable bonds is 21. The fraction of sp³-hybridized carbons (Fsp3) is 0.806. The van der Waals surface area contributed by atoms with Gasteiger partial charge in [0.25, 0.3) is 0 Å². The van der Waals surface area contributed by atoms with E-state index in [9.17, 15) is 28.8 Å². The summed E-state index contributed by atoms with van der Waals surface area (Å²) in [5.74, 6) is -2.09. The van der Waals surface area contributed by atoms with Crippen molar-refractivity contribution in [2.24, 2.45) is 29.6 Å². The summed E-state index contributed by atoms with van der Waals surface area (Å²) in [6.45, 7) is 18.2. The third-order valence-corrected chi connectivity index (χ3v) is 6.90. The first-order chi connectivity index (χ1) is 18.0. The summed E-state index contributed by atoms with van der Waals surface area (Å²) in [6, 6.07) is -1.08. The monoisotopic (exact) mass is 550 g/mol.